The average molecular weight is 238 g/mol. The van der Waals surface area contributed by atoms with Crippen LogP contribution >= 0.6 is 0 Å². The maximum Gasteiger partial charge on any atom is 0.147 e. The highest BCUT2D eigenvalue weighted by molar-refractivity contribution is 7.90. The summed E-state index contributed by atoms with van der Waals surface area (Å²) in [6.07, 6.45) is 1.68. The molecule has 6 heteroatoms. The van der Waals surface area contributed by atoms with E-state index in [0.717, 1.165) is 0 Å². The third-order valence-corrected chi connectivity index (χ3v) is 2.77. The van der Waals surface area contributed by atoms with Crippen molar-refractivity contribution in [2.45, 2.75) is 38.8 Å². The van der Waals surface area contributed by atoms with Crippen molar-refractivity contribution in [1.29, 1.82) is 0 Å². The molecule has 0 aliphatic carbocycles. The van der Waals surface area contributed by atoms with Gasteiger partial charge in [0, 0.05) is 12.3 Å². The quantitative estimate of drug-likeness (QED) is 0.505. The van der Waals surface area contributed by atoms with Crippen LogP contribution in [0, 0.1) is 0 Å². The Hall–Kier alpha value is -0.170. The van der Waals surface area contributed by atoms with Gasteiger partial charge in [-0.1, -0.05) is 0 Å². The van der Waals surface area contributed by atoms with Crippen molar-refractivity contribution in [2.75, 3.05) is 18.6 Å². The molecule has 0 aromatic heterocycles. The van der Waals surface area contributed by atoms with Crippen LogP contribution in [0.4, 0.5) is 0 Å². The lowest BCUT2D eigenvalue weighted by atomic mass is 10.2. The Morgan fingerprint density at radius 3 is 2.27 bits per heavy atom. The van der Waals surface area contributed by atoms with Crippen LogP contribution in [-0.2, 0) is 14.6 Å². The molecule has 0 spiro atoms. The van der Waals surface area contributed by atoms with E-state index in [1.165, 1.54) is 6.26 Å². The standard InChI is InChI=1S/C9H22N2O3S/c1-9(2,3)14-7-8(11-10)5-6-15(4,12)13/h8,11H,5-7,10H2,1-4H3. The predicted molar refractivity (Wildman–Crippen MR) is 61.1 cm³/mol. The van der Waals surface area contributed by atoms with Gasteiger partial charge in [-0.05, 0) is 27.2 Å². The first-order valence-electron chi connectivity index (χ1n) is 4.92. The summed E-state index contributed by atoms with van der Waals surface area (Å²) in [5.74, 6) is 5.43. The van der Waals surface area contributed by atoms with E-state index in [1.807, 2.05) is 20.8 Å². The predicted octanol–water partition coefficient (Wildman–Crippen LogP) is 0.0681. The highest BCUT2D eigenvalue weighted by Crippen LogP contribution is 2.08. The molecule has 0 saturated carbocycles. The van der Waals surface area contributed by atoms with E-state index in [9.17, 15) is 8.42 Å². The van der Waals surface area contributed by atoms with E-state index in [2.05, 4.69) is 5.43 Å². The first kappa shape index (κ1) is 14.8. The Balaban J connectivity index is 3.95. The molecule has 1 unspecified atom stereocenters. The summed E-state index contributed by atoms with van der Waals surface area (Å²) in [4.78, 5) is 0. The molecule has 3 N–H and O–H groups in total. The van der Waals surface area contributed by atoms with E-state index in [0.29, 0.717) is 13.0 Å². The van der Waals surface area contributed by atoms with Gasteiger partial charge in [0.05, 0.1) is 18.0 Å². The Labute approximate surface area is 92.3 Å². The number of ether oxygens (including phenoxy) is 1. The Morgan fingerprint density at radius 2 is 1.93 bits per heavy atom. The maximum atomic E-state index is 10.9. The highest BCUT2D eigenvalue weighted by atomic mass is 32.2. The summed E-state index contributed by atoms with van der Waals surface area (Å²) in [7, 11) is -2.93. The molecule has 0 bridgehead atoms. The molecule has 15 heavy (non-hydrogen) atoms. The van der Waals surface area contributed by atoms with Gasteiger partial charge < -0.3 is 4.74 Å². The summed E-state index contributed by atoms with van der Waals surface area (Å²) in [6.45, 7) is 6.24. The molecule has 1 atom stereocenters. The minimum absolute atomic E-state index is 0.120. The molecule has 92 valence electrons. The molecule has 0 heterocycles. The molecular formula is C9H22N2O3S. The fourth-order valence-electron chi connectivity index (χ4n) is 0.922. The number of rotatable bonds is 6. The fraction of sp³-hybridized carbons (Fsp3) is 1.00. The van der Waals surface area contributed by atoms with Crippen LogP contribution in [0.1, 0.15) is 27.2 Å². The molecule has 0 amide bonds. The van der Waals surface area contributed by atoms with Gasteiger partial charge in [0.2, 0.25) is 0 Å². The second kappa shape index (κ2) is 5.79. The molecule has 0 aliphatic heterocycles. The molecule has 0 aromatic rings. The summed E-state index contributed by atoms with van der Waals surface area (Å²) < 4.78 is 27.4. The lowest BCUT2D eigenvalue weighted by molar-refractivity contribution is -0.0147. The minimum Gasteiger partial charge on any atom is -0.374 e. The average Bonchev–Trinajstić information content (AvgIpc) is 2.00. The second-order valence-electron chi connectivity index (χ2n) is 4.71. The van der Waals surface area contributed by atoms with Crippen molar-refractivity contribution in [3.05, 3.63) is 0 Å². The van der Waals surface area contributed by atoms with Gasteiger partial charge in [0.1, 0.15) is 9.84 Å². The van der Waals surface area contributed by atoms with Crippen molar-refractivity contribution < 1.29 is 13.2 Å². The van der Waals surface area contributed by atoms with Crippen LogP contribution in [0.2, 0.25) is 0 Å². The van der Waals surface area contributed by atoms with Crippen molar-refractivity contribution >= 4 is 9.84 Å². The summed E-state index contributed by atoms with van der Waals surface area (Å²) in [5.41, 5.74) is 2.32. The van der Waals surface area contributed by atoms with Gasteiger partial charge in [-0.2, -0.15) is 0 Å². The molecular weight excluding hydrogens is 216 g/mol. The Bertz CT molecular complexity index is 270. The van der Waals surface area contributed by atoms with Gasteiger partial charge >= 0.3 is 0 Å². The van der Waals surface area contributed by atoms with E-state index < -0.39 is 9.84 Å². The Kier molecular flexibility index (Phi) is 5.72. The van der Waals surface area contributed by atoms with Crippen molar-refractivity contribution in [1.82, 2.24) is 5.43 Å². The van der Waals surface area contributed by atoms with Crippen molar-refractivity contribution in [3.8, 4) is 0 Å². The van der Waals surface area contributed by atoms with Crippen LogP contribution in [-0.4, -0.2) is 38.7 Å². The first-order valence-corrected chi connectivity index (χ1v) is 6.98. The third-order valence-electron chi connectivity index (χ3n) is 1.79. The number of hydrazine groups is 1. The number of hydrogen-bond donors (Lipinski definition) is 2. The van der Waals surface area contributed by atoms with Gasteiger partial charge in [-0.25, -0.2) is 8.42 Å². The number of nitrogens with one attached hydrogen (secondary N) is 1. The lowest BCUT2D eigenvalue weighted by Crippen LogP contribution is -2.41. The largest absolute Gasteiger partial charge is 0.374 e. The molecule has 0 aromatic carbocycles. The zero-order valence-electron chi connectivity index (χ0n) is 9.91. The van der Waals surface area contributed by atoms with E-state index >= 15 is 0 Å². The second-order valence-corrected chi connectivity index (χ2v) is 6.97. The molecule has 0 radical (unpaired) electrons. The zero-order valence-corrected chi connectivity index (χ0v) is 10.7. The third kappa shape index (κ3) is 10.1. The lowest BCUT2D eigenvalue weighted by Gasteiger charge is -2.23. The van der Waals surface area contributed by atoms with Crippen LogP contribution in [0.3, 0.4) is 0 Å². The molecule has 0 rings (SSSR count). The van der Waals surface area contributed by atoms with E-state index in [-0.39, 0.29) is 17.4 Å². The number of hydrogen-bond acceptors (Lipinski definition) is 5. The van der Waals surface area contributed by atoms with Crippen LogP contribution in [0.15, 0.2) is 0 Å². The van der Waals surface area contributed by atoms with Gasteiger partial charge in [-0.3, -0.25) is 11.3 Å². The van der Waals surface area contributed by atoms with Crippen LogP contribution < -0.4 is 11.3 Å². The van der Waals surface area contributed by atoms with Crippen LogP contribution in [0.25, 0.3) is 0 Å². The fourth-order valence-corrected chi connectivity index (χ4v) is 1.63. The molecule has 0 saturated heterocycles. The molecule has 5 nitrogen and oxygen atoms in total. The number of sulfone groups is 1. The van der Waals surface area contributed by atoms with Crippen LogP contribution in [0.5, 0.6) is 0 Å². The number of nitrogens with two attached hydrogens (primary N) is 1. The first-order chi connectivity index (χ1) is 6.64. The van der Waals surface area contributed by atoms with Gasteiger partial charge in [-0.15, -0.1) is 0 Å². The molecule has 0 aliphatic rings. The van der Waals surface area contributed by atoms with Gasteiger partial charge in [0.25, 0.3) is 0 Å². The van der Waals surface area contributed by atoms with E-state index in [1.54, 1.807) is 0 Å². The highest BCUT2D eigenvalue weighted by Gasteiger charge is 2.16. The van der Waals surface area contributed by atoms with Gasteiger partial charge in [0.15, 0.2) is 0 Å². The van der Waals surface area contributed by atoms with Crippen molar-refractivity contribution in [3.63, 3.8) is 0 Å². The summed E-state index contributed by atoms with van der Waals surface area (Å²) in [5, 5.41) is 0. The topological polar surface area (TPSA) is 81.4 Å². The summed E-state index contributed by atoms with van der Waals surface area (Å²) >= 11 is 0. The minimum atomic E-state index is -2.93. The molecule has 0 fully saturated rings. The zero-order chi connectivity index (χ0) is 12.1. The smallest absolute Gasteiger partial charge is 0.147 e. The van der Waals surface area contributed by atoms with E-state index in [4.69, 9.17) is 10.6 Å². The monoisotopic (exact) mass is 238 g/mol. The normalized spacial score (nSPS) is 15.3. The Morgan fingerprint density at radius 1 is 1.40 bits per heavy atom. The summed E-state index contributed by atoms with van der Waals surface area (Å²) in [6, 6.07) is -0.126. The van der Waals surface area contributed by atoms with Crippen molar-refractivity contribution in [2.24, 2.45) is 5.84 Å². The SMILES string of the molecule is CC(C)(C)OCC(CCS(C)(=O)=O)NN. The maximum absolute atomic E-state index is 10.9.